The van der Waals surface area contributed by atoms with E-state index in [1.54, 1.807) is 0 Å². The third kappa shape index (κ3) is 1.61. The van der Waals surface area contributed by atoms with Crippen LogP contribution in [0.3, 0.4) is 0 Å². The molecule has 0 saturated heterocycles. The lowest BCUT2D eigenvalue weighted by molar-refractivity contribution is 1.73. The Morgan fingerprint density at radius 3 is 2.48 bits per heavy atom. The number of rotatable bonds is 1. The van der Waals surface area contributed by atoms with Crippen molar-refractivity contribution in [3.05, 3.63) is 72.0 Å². The van der Waals surface area contributed by atoms with Gasteiger partial charge in [-0.25, -0.2) is 0 Å². The van der Waals surface area contributed by atoms with Gasteiger partial charge in [0.15, 0.2) is 0 Å². The number of hydrogen-bond acceptors (Lipinski definition) is 2. The first-order valence-electron chi connectivity index (χ1n) is 6.88. The van der Waals surface area contributed by atoms with Crippen LogP contribution in [0.25, 0.3) is 35.1 Å². The van der Waals surface area contributed by atoms with Crippen LogP contribution in [0.15, 0.2) is 66.4 Å². The molecule has 2 aromatic heterocycles. The Hall–Kier alpha value is -2.12. The third-order valence-corrected chi connectivity index (χ3v) is 6.42. The first-order valence-corrected chi connectivity index (χ1v) is 8.51. The lowest BCUT2D eigenvalue weighted by Gasteiger charge is -1.98. The molecule has 0 fully saturated rings. The molecule has 21 heavy (non-hydrogen) atoms. The minimum Gasteiger partial charge on any atom is -0.134 e. The van der Waals surface area contributed by atoms with E-state index in [4.69, 9.17) is 0 Å². The normalized spacial score (nSPS) is 13.8. The molecular formula is C19H10S2. The summed E-state index contributed by atoms with van der Waals surface area (Å²) in [5, 5.41) is 2.77. The lowest BCUT2D eigenvalue weighted by atomic mass is 10.1. The summed E-state index contributed by atoms with van der Waals surface area (Å²) in [6, 6.07) is 15.5. The van der Waals surface area contributed by atoms with Crippen LogP contribution in [0.1, 0.15) is 5.56 Å². The van der Waals surface area contributed by atoms with Gasteiger partial charge in [-0.05, 0) is 29.8 Å². The minimum atomic E-state index is 1.18. The van der Waals surface area contributed by atoms with Gasteiger partial charge in [-0.3, -0.25) is 0 Å². The van der Waals surface area contributed by atoms with Gasteiger partial charge in [0.05, 0.1) is 9.40 Å². The van der Waals surface area contributed by atoms with Crippen LogP contribution in [-0.4, -0.2) is 0 Å². The van der Waals surface area contributed by atoms with Crippen LogP contribution < -0.4 is 0 Å². The van der Waals surface area contributed by atoms with Crippen molar-refractivity contribution in [2.75, 3.05) is 0 Å². The number of hydrogen-bond donors (Lipinski definition) is 0. The zero-order valence-corrected chi connectivity index (χ0v) is 12.7. The third-order valence-electron chi connectivity index (χ3n) is 3.90. The molecule has 0 amide bonds. The van der Waals surface area contributed by atoms with Crippen molar-refractivity contribution in [1.29, 1.82) is 0 Å². The van der Waals surface area contributed by atoms with Gasteiger partial charge in [0, 0.05) is 25.7 Å². The van der Waals surface area contributed by atoms with E-state index < -0.39 is 0 Å². The van der Waals surface area contributed by atoms with E-state index in [0.29, 0.717) is 0 Å². The zero-order chi connectivity index (χ0) is 13.8. The van der Waals surface area contributed by atoms with Gasteiger partial charge >= 0.3 is 0 Å². The van der Waals surface area contributed by atoms with E-state index in [0.717, 1.165) is 0 Å². The van der Waals surface area contributed by atoms with Crippen molar-refractivity contribution < 1.29 is 0 Å². The monoisotopic (exact) mass is 302 g/mol. The van der Waals surface area contributed by atoms with Crippen molar-refractivity contribution in [3.8, 4) is 0 Å². The fraction of sp³-hybridized carbons (Fsp3) is 0. The Morgan fingerprint density at radius 2 is 1.62 bits per heavy atom. The number of allylic oxidation sites excluding steroid dienone is 3. The van der Waals surface area contributed by atoms with Gasteiger partial charge in [-0.2, -0.15) is 0 Å². The van der Waals surface area contributed by atoms with Crippen molar-refractivity contribution in [1.82, 2.24) is 0 Å². The van der Waals surface area contributed by atoms with Crippen LogP contribution in [0.5, 0.6) is 0 Å². The molecule has 0 bridgehead atoms. The Kier molecular flexibility index (Phi) is 2.30. The second kappa shape index (κ2) is 4.19. The second-order valence-electron chi connectivity index (χ2n) is 5.15. The molecule has 2 heterocycles. The molecule has 1 aliphatic rings. The highest BCUT2D eigenvalue weighted by atomic mass is 32.1. The van der Waals surface area contributed by atoms with Gasteiger partial charge < -0.3 is 0 Å². The molecule has 1 aliphatic carbocycles. The number of thiophene rings is 2. The van der Waals surface area contributed by atoms with Crippen molar-refractivity contribution in [2.24, 2.45) is 0 Å². The predicted octanol–water partition coefficient (Wildman–Crippen LogP) is 6.38. The Bertz CT molecular complexity index is 1110. The summed E-state index contributed by atoms with van der Waals surface area (Å²) in [7, 11) is 0. The second-order valence-corrected chi connectivity index (χ2v) is 7.26. The SMILES string of the molecule is C1=CC=CC=1c1ccc2c(c1)sc1c3ccccc3sc21. The van der Waals surface area contributed by atoms with Crippen molar-refractivity contribution in [2.45, 2.75) is 0 Å². The zero-order valence-electron chi connectivity index (χ0n) is 11.1. The van der Waals surface area contributed by atoms with E-state index >= 15 is 0 Å². The van der Waals surface area contributed by atoms with Crippen LogP contribution in [0, 0.1) is 0 Å². The molecule has 5 rings (SSSR count). The Balaban J connectivity index is 1.85. The van der Waals surface area contributed by atoms with E-state index in [1.165, 1.54) is 40.7 Å². The summed E-state index contributed by atoms with van der Waals surface area (Å²) in [5.74, 6) is 0. The minimum absolute atomic E-state index is 1.18. The smallest absolute Gasteiger partial charge is 0.0542 e. The molecule has 0 atom stereocenters. The standard InChI is InChI=1S/C19H10S2/c1-2-6-12(5-1)13-9-10-15-17(11-13)21-18-14-7-3-4-8-16(14)20-19(15)18/h1-5,7-11H. The van der Waals surface area contributed by atoms with Crippen LogP contribution >= 0.6 is 22.7 Å². The molecule has 98 valence electrons. The maximum atomic E-state index is 3.28. The topological polar surface area (TPSA) is 0 Å². The quantitative estimate of drug-likeness (QED) is 0.358. The molecule has 4 aromatic rings. The highest BCUT2D eigenvalue weighted by Crippen LogP contribution is 2.44. The van der Waals surface area contributed by atoms with Crippen LogP contribution in [0.4, 0.5) is 0 Å². The van der Waals surface area contributed by atoms with E-state index in [2.05, 4.69) is 54.3 Å². The predicted molar refractivity (Wildman–Crippen MR) is 95.3 cm³/mol. The molecule has 0 unspecified atom stereocenters. The molecule has 0 aliphatic heterocycles. The highest BCUT2D eigenvalue weighted by Gasteiger charge is 2.12. The highest BCUT2D eigenvalue weighted by molar-refractivity contribution is 7.36. The van der Waals surface area contributed by atoms with Crippen LogP contribution in [-0.2, 0) is 0 Å². The molecule has 0 spiro atoms. The summed E-state index contributed by atoms with van der Waals surface area (Å²) in [4.78, 5) is 0. The average Bonchev–Trinajstić information content (AvgIpc) is 3.22. The Labute approximate surface area is 130 Å². The number of benzene rings is 2. The molecular weight excluding hydrogens is 292 g/mol. The summed E-state index contributed by atoms with van der Waals surface area (Å²) < 4.78 is 5.60. The van der Waals surface area contributed by atoms with Gasteiger partial charge in [-0.1, -0.05) is 36.4 Å². The molecule has 2 heteroatoms. The fourth-order valence-electron chi connectivity index (χ4n) is 2.88. The molecule has 2 aromatic carbocycles. The fourth-order valence-corrected chi connectivity index (χ4v) is 5.58. The largest absolute Gasteiger partial charge is 0.134 e. The van der Waals surface area contributed by atoms with Crippen LogP contribution in [0.2, 0.25) is 0 Å². The van der Waals surface area contributed by atoms with E-state index in [1.807, 2.05) is 34.8 Å². The lowest BCUT2D eigenvalue weighted by Crippen LogP contribution is -1.76. The van der Waals surface area contributed by atoms with Crippen molar-refractivity contribution in [3.63, 3.8) is 0 Å². The van der Waals surface area contributed by atoms with Crippen molar-refractivity contribution >= 4 is 57.8 Å². The summed E-state index contributed by atoms with van der Waals surface area (Å²) in [6.07, 6.45) is 6.13. The summed E-state index contributed by atoms with van der Waals surface area (Å²) in [5.41, 5.74) is 5.72. The average molecular weight is 302 g/mol. The first kappa shape index (κ1) is 11.5. The molecule has 0 N–H and O–H groups in total. The molecule has 0 nitrogen and oxygen atoms in total. The van der Waals surface area contributed by atoms with Gasteiger partial charge in [0.1, 0.15) is 0 Å². The van der Waals surface area contributed by atoms with Gasteiger partial charge in [-0.15, -0.1) is 28.4 Å². The van der Waals surface area contributed by atoms with Gasteiger partial charge in [0.2, 0.25) is 0 Å². The summed E-state index contributed by atoms with van der Waals surface area (Å²) in [6.45, 7) is 0. The maximum absolute atomic E-state index is 3.28. The first-order chi connectivity index (χ1) is 10.4. The Morgan fingerprint density at radius 1 is 0.810 bits per heavy atom. The number of fused-ring (bicyclic) bond motifs is 5. The van der Waals surface area contributed by atoms with E-state index in [-0.39, 0.29) is 0 Å². The maximum Gasteiger partial charge on any atom is 0.0542 e. The van der Waals surface area contributed by atoms with Gasteiger partial charge in [0.25, 0.3) is 0 Å². The summed E-state index contributed by atoms with van der Waals surface area (Å²) >= 11 is 3.81. The molecule has 0 saturated carbocycles. The van der Waals surface area contributed by atoms with E-state index in [9.17, 15) is 0 Å². The molecule has 0 radical (unpaired) electrons.